The number of carbonyl (C=O) groups excluding carboxylic acids is 6. The zero-order chi connectivity index (χ0) is 25.5. The highest BCUT2D eigenvalue weighted by Crippen LogP contribution is 2.46. The molecule has 2 aliphatic heterocycles. The summed E-state index contributed by atoms with van der Waals surface area (Å²) >= 11 is 0. The van der Waals surface area contributed by atoms with Gasteiger partial charge in [-0.2, -0.15) is 0 Å². The smallest absolute Gasteiger partial charge is 0.433 e. The van der Waals surface area contributed by atoms with Gasteiger partial charge in [0.2, 0.25) is 0 Å². The van der Waals surface area contributed by atoms with Crippen LogP contribution in [0.25, 0.3) is 0 Å². The van der Waals surface area contributed by atoms with Crippen LogP contribution in [0, 0.1) is 0 Å². The van der Waals surface area contributed by atoms with Crippen molar-refractivity contribution in [2.24, 2.45) is 0 Å². The average Bonchev–Trinajstić information content (AvgIpc) is 3.22. The van der Waals surface area contributed by atoms with Gasteiger partial charge in [-0.05, 0) is 40.5 Å². The molecule has 0 N–H and O–H groups in total. The molecule has 0 bridgehead atoms. The molecular weight excluding hydrogens is 492 g/mol. The second-order valence-electron chi connectivity index (χ2n) is 8.73. The van der Waals surface area contributed by atoms with Crippen molar-refractivity contribution in [3.8, 4) is 0 Å². The van der Waals surface area contributed by atoms with Gasteiger partial charge in [-0.3, -0.25) is 28.9 Å². The first-order chi connectivity index (χ1) is 15.8. The standard InChI is InChI=1S/C20H28N2O10S2/c1-19(2,9-11-29-17(27)31-21-13(23)5-6-14(21)24)33-34-20(3,4)10-12-30-18(28)32-22-15(25)7-8-16(22)26/h5-12H2,1-4H3. The van der Waals surface area contributed by atoms with E-state index in [9.17, 15) is 28.8 Å². The van der Waals surface area contributed by atoms with Crippen molar-refractivity contribution >= 4 is 57.5 Å². The van der Waals surface area contributed by atoms with E-state index >= 15 is 0 Å². The van der Waals surface area contributed by atoms with Crippen LogP contribution >= 0.6 is 21.6 Å². The quantitative estimate of drug-likeness (QED) is 0.224. The molecule has 190 valence electrons. The minimum atomic E-state index is -1.11. The maximum Gasteiger partial charge on any atom is 0.533 e. The van der Waals surface area contributed by atoms with Gasteiger partial charge in [-0.15, -0.1) is 0 Å². The van der Waals surface area contributed by atoms with Gasteiger partial charge in [0.1, 0.15) is 0 Å². The Kier molecular flexibility index (Phi) is 9.62. The maximum atomic E-state index is 11.7. The number of hydrogen-bond acceptors (Lipinski definition) is 12. The summed E-state index contributed by atoms with van der Waals surface area (Å²) < 4.78 is 9.34. The van der Waals surface area contributed by atoms with Gasteiger partial charge in [0, 0.05) is 35.2 Å². The molecule has 2 heterocycles. The predicted molar refractivity (Wildman–Crippen MR) is 120 cm³/mol. The topological polar surface area (TPSA) is 146 Å². The SMILES string of the molecule is CC(C)(CCOC(=O)ON1C(=O)CCC1=O)SSC(C)(C)CCOC(=O)ON1C(=O)CCC1=O. The minimum Gasteiger partial charge on any atom is -0.433 e. The Labute approximate surface area is 204 Å². The van der Waals surface area contributed by atoms with Gasteiger partial charge in [0.05, 0.1) is 13.2 Å². The molecule has 2 aliphatic rings. The summed E-state index contributed by atoms with van der Waals surface area (Å²) in [5.41, 5.74) is 0. The summed E-state index contributed by atoms with van der Waals surface area (Å²) in [4.78, 5) is 78.5. The highest BCUT2D eigenvalue weighted by molar-refractivity contribution is 8.77. The Morgan fingerprint density at radius 3 is 1.26 bits per heavy atom. The molecule has 0 aromatic carbocycles. The van der Waals surface area contributed by atoms with E-state index in [-0.39, 0.29) is 48.4 Å². The molecule has 12 nitrogen and oxygen atoms in total. The summed E-state index contributed by atoms with van der Waals surface area (Å²) in [6.45, 7) is 7.89. The third kappa shape index (κ3) is 8.70. The summed E-state index contributed by atoms with van der Waals surface area (Å²) in [5, 5.41) is 0.860. The van der Waals surface area contributed by atoms with Crippen LogP contribution in [0.4, 0.5) is 9.59 Å². The third-order valence-electron chi connectivity index (χ3n) is 4.68. The fourth-order valence-corrected chi connectivity index (χ4v) is 5.22. The van der Waals surface area contributed by atoms with Crippen molar-refractivity contribution in [1.82, 2.24) is 10.1 Å². The van der Waals surface area contributed by atoms with Crippen molar-refractivity contribution in [3.63, 3.8) is 0 Å². The molecule has 4 amide bonds. The van der Waals surface area contributed by atoms with Crippen LogP contribution in [0.1, 0.15) is 66.2 Å². The molecule has 34 heavy (non-hydrogen) atoms. The van der Waals surface area contributed by atoms with Crippen molar-refractivity contribution < 1.29 is 47.9 Å². The molecular formula is C20H28N2O10S2. The number of carbonyl (C=O) groups is 6. The first-order valence-corrected chi connectivity index (χ1v) is 12.7. The van der Waals surface area contributed by atoms with E-state index in [0.717, 1.165) is 0 Å². The first-order valence-electron chi connectivity index (χ1n) is 10.6. The lowest BCUT2D eigenvalue weighted by Crippen LogP contribution is -2.33. The number of imide groups is 2. The molecule has 14 heteroatoms. The molecule has 0 unspecified atom stereocenters. The second kappa shape index (κ2) is 11.8. The van der Waals surface area contributed by atoms with Gasteiger partial charge in [-0.25, -0.2) is 9.59 Å². The van der Waals surface area contributed by atoms with E-state index in [2.05, 4.69) is 9.68 Å². The molecule has 2 rings (SSSR count). The Hall–Kier alpha value is -2.48. The van der Waals surface area contributed by atoms with Crippen LogP contribution in [0.2, 0.25) is 0 Å². The van der Waals surface area contributed by atoms with Crippen LogP contribution in [0.5, 0.6) is 0 Å². The van der Waals surface area contributed by atoms with E-state index in [1.807, 2.05) is 27.7 Å². The molecule has 2 fully saturated rings. The van der Waals surface area contributed by atoms with E-state index < -0.39 is 35.9 Å². The van der Waals surface area contributed by atoms with E-state index in [0.29, 0.717) is 23.0 Å². The number of amides is 4. The lowest BCUT2D eigenvalue weighted by molar-refractivity contribution is -0.177. The third-order valence-corrected chi connectivity index (χ3v) is 9.04. The number of ether oxygens (including phenoxy) is 2. The lowest BCUT2D eigenvalue weighted by Gasteiger charge is -2.29. The van der Waals surface area contributed by atoms with E-state index in [1.54, 1.807) is 21.6 Å². The highest BCUT2D eigenvalue weighted by Gasteiger charge is 2.35. The number of rotatable bonds is 11. The average molecular weight is 521 g/mol. The summed E-state index contributed by atoms with van der Waals surface area (Å²) in [6, 6.07) is 0. The maximum absolute atomic E-state index is 11.7. The normalized spacial score (nSPS) is 16.8. The van der Waals surface area contributed by atoms with Crippen LogP contribution in [0.3, 0.4) is 0 Å². The monoisotopic (exact) mass is 520 g/mol. The van der Waals surface area contributed by atoms with Crippen LogP contribution in [0.15, 0.2) is 0 Å². The van der Waals surface area contributed by atoms with Crippen LogP contribution in [-0.4, -0.2) is 68.8 Å². The summed E-state index contributed by atoms with van der Waals surface area (Å²) in [5.74, 6) is -2.31. The lowest BCUT2D eigenvalue weighted by atomic mass is 10.1. The second-order valence-corrected chi connectivity index (χ2v) is 12.3. The van der Waals surface area contributed by atoms with Gasteiger partial charge in [0.25, 0.3) is 23.6 Å². The number of nitrogens with zero attached hydrogens (tertiary/aromatic N) is 2. The van der Waals surface area contributed by atoms with Gasteiger partial charge < -0.3 is 9.47 Å². The Morgan fingerprint density at radius 1 is 0.676 bits per heavy atom. The van der Waals surface area contributed by atoms with Gasteiger partial charge in [-0.1, -0.05) is 31.7 Å². The number of hydrogen-bond donors (Lipinski definition) is 0. The first kappa shape index (κ1) is 27.8. The van der Waals surface area contributed by atoms with Crippen molar-refractivity contribution in [1.29, 1.82) is 0 Å². The van der Waals surface area contributed by atoms with Crippen molar-refractivity contribution in [3.05, 3.63) is 0 Å². The molecule has 0 aromatic rings. The summed E-state index contributed by atoms with van der Waals surface area (Å²) in [6.07, 6.45) is -1.26. The Balaban J connectivity index is 1.64. The van der Waals surface area contributed by atoms with Gasteiger partial charge in [0.15, 0.2) is 0 Å². The van der Waals surface area contributed by atoms with Crippen LogP contribution < -0.4 is 0 Å². The fraction of sp³-hybridized carbons (Fsp3) is 0.700. The number of hydroxylamine groups is 4. The minimum absolute atomic E-state index is 0.00676. The molecule has 2 saturated heterocycles. The van der Waals surface area contributed by atoms with Gasteiger partial charge >= 0.3 is 12.3 Å². The molecule has 0 aliphatic carbocycles. The molecule has 0 aromatic heterocycles. The van der Waals surface area contributed by atoms with Crippen molar-refractivity contribution in [2.45, 2.75) is 75.7 Å². The zero-order valence-corrected chi connectivity index (χ0v) is 21.1. The summed E-state index contributed by atoms with van der Waals surface area (Å²) in [7, 11) is 3.11. The Bertz CT molecular complexity index is 745. The largest absolute Gasteiger partial charge is 0.533 e. The highest BCUT2D eigenvalue weighted by atomic mass is 33.1. The molecule has 0 radical (unpaired) electrons. The molecule has 0 spiro atoms. The van der Waals surface area contributed by atoms with Crippen LogP contribution in [-0.2, 0) is 38.3 Å². The molecule has 0 saturated carbocycles. The van der Waals surface area contributed by atoms with Crippen molar-refractivity contribution in [2.75, 3.05) is 13.2 Å². The van der Waals surface area contributed by atoms with E-state index in [1.165, 1.54) is 0 Å². The predicted octanol–water partition coefficient (Wildman–Crippen LogP) is 3.14. The molecule has 0 atom stereocenters. The van der Waals surface area contributed by atoms with E-state index in [4.69, 9.17) is 9.47 Å². The fourth-order valence-electron chi connectivity index (χ4n) is 2.59. The zero-order valence-electron chi connectivity index (χ0n) is 19.5. The Morgan fingerprint density at radius 2 is 0.971 bits per heavy atom.